The van der Waals surface area contributed by atoms with E-state index in [0.29, 0.717) is 24.4 Å². The first-order valence-electron chi connectivity index (χ1n) is 12.5. The standard InChI is InChI=1S/C28H39N3O3/c1-6-30(7-2)23-15-13-22(14-16-23)29-26(32)28(31(8-3)27(33)34)18-17-21-11-9-10-12-24(21)25(28)19-20(4)5/h9-16,20,25H,6-8,17-19H2,1-5H3,(H,29,32)(H,33,34). The Morgan fingerprint density at radius 1 is 1.03 bits per heavy atom. The molecule has 2 aromatic carbocycles. The number of carbonyl (C=O) groups is 2. The summed E-state index contributed by atoms with van der Waals surface area (Å²) in [6, 6.07) is 16.0. The number of benzene rings is 2. The van der Waals surface area contributed by atoms with Crippen LogP contribution in [0, 0.1) is 5.92 Å². The number of rotatable bonds is 9. The topological polar surface area (TPSA) is 72.9 Å². The number of amides is 2. The third-order valence-corrected chi connectivity index (χ3v) is 7.17. The molecule has 3 rings (SSSR count). The van der Waals surface area contributed by atoms with Crippen LogP contribution in [0.1, 0.15) is 64.5 Å². The second-order valence-corrected chi connectivity index (χ2v) is 9.51. The van der Waals surface area contributed by atoms with E-state index in [1.165, 1.54) is 10.5 Å². The van der Waals surface area contributed by atoms with Gasteiger partial charge in [0.25, 0.3) is 5.91 Å². The van der Waals surface area contributed by atoms with Crippen molar-refractivity contribution in [2.75, 3.05) is 29.9 Å². The molecule has 0 saturated carbocycles. The summed E-state index contributed by atoms with van der Waals surface area (Å²) in [5.41, 5.74) is 2.92. The molecule has 0 aromatic heterocycles. The Balaban J connectivity index is 2.05. The molecule has 0 radical (unpaired) electrons. The molecule has 184 valence electrons. The maximum atomic E-state index is 14.1. The molecular formula is C28H39N3O3. The monoisotopic (exact) mass is 465 g/mol. The van der Waals surface area contributed by atoms with Crippen LogP contribution in [0.3, 0.4) is 0 Å². The van der Waals surface area contributed by atoms with Gasteiger partial charge in [0.1, 0.15) is 5.54 Å². The first kappa shape index (κ1) is 25.6. The van der Waals surface area contributed by atoms with Crippen molar-refractivity contribution in [1.29, 1.82) is 0 Å². The van der Waals surface area contributed by atoms with Crippen molar-refractivity contribution in [2.24, 2.45) is 5.92 Å². The summed E-state index contributed by atoms with van der Waals surface area (Å²) >= 11 is 0. The Morgan fingerprint density at radius 2 is 1.68 bits per heavy atom. The predicted molar refractivity (Wildman–Crippen MR) is 139 cm³/mol. The molecule has 0 fully saturated rings. The van der Waals surface area contributed by atoms with Gasteiger partial charge in [-0.25, -0.2) is 4.79 Å². The van der Waals surface area contributed by atoms with Crippen LogP contribution in [0.15, 0.2) is 48.5 Å². The molecule has 2 N–H and O–H groups in total. The lowest BCUT2D eigenvalue weighted by atomic mass is 9.65. The molecule has 6 nitrogen and oxygen atoms in total. The predicted octanol–water partition coefficient (Wildman–Crippen LogP) is 5.99. The highest BCUT2D eigenvalue weighted by molar-refractivity contribution is 6.01. The number of carboxylic acid groups (broad SMARTS) is 1. The Bertz CT molecular complexity index is 985. The fraction of sp³-hybridized carbons (Fsp3) is 0.500. The quantitative estimate of drug-likeness (QED) is 0.477. The maximum absolute atomic E-state index is 14.1. The number of aryl methyl sites for hydroxylation is 1. The normalized spacial score (nSPS) is 19.4. The minimum Gasteiger partial charge on any atom is -0.465 e. The van der Waals surface area contributed by atoms with Crippen LogP contribution in [-0.2, 0) is 11.2 Å². The minimum absolute atomic E-state index is 0.219. The van der Waals surface area contributed by atoms with Crippen molar-refractivity contribution in [2.45, 2.75) is 65.3 Å². The highest BCUT2D eigenvalue weighted by Crippen LogP contribution is 2.47. The number of carbonyl (C=O) groups excluding carboxylic acids is 1. The molecule has 2 atom stereocenters. The molecule has 2 aromatic rings. The zero-order valence-electron chi connectivity index (χ0n) is 21.2. The Labute approximate surface area is 204 Å². The van der Waals surface area contributed by atoms with Crippen LogP contribution in [-0.4, -0.2) is 47.2 Å². The molecule has 0 aliphatic heterocycles. The minimum atomic E-state index is -1.17. The van der Waals surface area contributed by atoms with E-state index in [0.717, 1.165) is 30.8 Å². The van der Waals surface area contributed by atoms with Gasteiger partial charge < -0.3 is 15.3 Å². The van der Waals surface area contributed by atoms with Crippen LogP contribution < -0.4 is 10.2 Å². The maximum Gasteiger partial charge on any atom is 0.408 e. The lowest BCUT2D eigenvalue weighted by Gasteiger charge is -2.49. The van der Waals surface area contributed by atoms with Gasteiger partial charge >= 0.3 is 6.09 Å². The number of likely N-dealkylation sites (N-methyl/N-ethyl adjacent to an activating group) is 1. The van der Waals surface area contributed by atoms with Gasteiger partial charge in [-0.2, -0.15) is 0 Å². The molecule has 0 spiro atoms. The molecule has 2 unspecified atom stereocenters. The summed E-state index contributed by atoms with van der Waals surface area (Å²) in [6.07, 6.45) is 0.811. The average molecular weight is 466 g/mol. The highest BCUT2D eigenvalue weighted by Gasteiger charge is 2.54. The van der Waals surface area contributed by atoms with Crippen molar-refractivity contribution >= 4 is 23.4 Å². The van der Waals surface area contributed by atoms with Gasteiger partial charge in [-0.05, 0) is 81.3 Å². The molecule has 1 aliphatic rings. The van der Waals surface area contributed by atoms with Gasteiger partial charge in [-0.15, -0.1) is 0 Å². The summed E-state index contributed by atoms with van der Waals surface area (Å²) in [7, 11) is 0. The second-order valence-electron chi connectivity index (χ2n) is 9.51. The van der Waals surface area contributed by atoms with Crippen LogP contribution in [0.4, 0.5) is 16.2 Å². The fourth-order valence-electron chi connectivity index (χ4n) is 5.54. The van der Waals surface area contributed by atoms with Gasteiger partial charge in [-0.3, -0.25) is 9.69 Å². The average Bonchev–Trinajstić information content (AvgIpc) is 2.82. The van der Waals surface area contributed by atoms with E-state index in [2.05, 4.69) is 50.0 Å². The summed E-state index contributed by atoms with van der Waals surface area (Å²) in [6.45, 7) is 12.4. The van der Waals surface area contributed by atoms with Crippen molar-refractivity contribution < 1.29 is 14.7 Å². The Kier molecular flexibility index (Phi) is 8.24. The van der Waals surface area contributed by atoms with E-state index in [4.69, 9.17) is 0 Å². The van der Waals surface area contributed by atoms with Gasteiger partial charge in [0, 0.05) is 36.9 Å². The largest absolute Gasteiger partial charge is 0.465 e. The van der Waals surface area contributed by atoms with Crippen molar-refractivity contribution in [1.82, 2.24) is 4.90 Å². The van der Waals surface area contributed by atoms with Gasteiger partial charge in [0.05, 0.1) is 0 Å². The lowest BCUT2D eigenvalue weighted by molar-refractivity contribution is -0.130. The fourth-order valence-corrected chi connectivity index (χ4v) is 5.54. The van der Waals surface area contributed by atoms with Crippen LogP contribution in [0.25, 0.3) is 0 Å². The smallest absolute Gasteiger partial charge is 0.408 e. The van der Waals surface area contributed by atoms with E-state index < -0.39 is 11.6 Å². The third-order valence-electron chi connectivity index (χ3n) is 7.17. The first-order chi connectivity index (χ1) is 16.3. The molecule has 1 aliphatic carbocycles. The molecule has 6 heteroatoms. The van der Waals surface area contributed by atoms with Crippen molar-refractivity contribution in [3.05, 3.63) is 59.7 Å². The van der Waals surface area contributed by atoms with Gasteiger partial charge in [-0.1, -0.05) is 38.1 Å². The number of hydrogen-bond donors (Lipinski definition) is 2. The van der Waals surface area contributed by atoms with Crippen LogP contribution in [0.5, 0.6) is 0 Å². The molecular weight excluding hydrogens is 426 g/mol. The molecule has 2 amide bonds. The zero-order chi connectivity index (χ0) is 24.9. The summed E-state index contributed by atoms with van der Waals surface area (Å²) in [5.74, 6) is -0.153. The van der Waals surface area contributed by atoms with Crippen molar-refractivity contribution in [3.8, 4) is 0 Å². The number of nitrogens with zero attached hydrogens (tertiary/aromatic N) is 2. The summed E-state index contributed by atoms with van der Waals surface area (Å²) in [4.78, 5) is 30.2. The van der Waals surface area contributed by atoms with E-state index in [9.17, 15) is 14.7 Å². The molecule has 0 bridgehead atoms. The van der Waals surface area contributed by atoms with Crippen LogP contribution in [0.2, 0.25) is 0 Å². The molecule has 34 heavy (non-hydrogen) atoms. The number of hydrogen-bond acceptors (Lipinski definition) is 3. The molecule has 0 saturated heterocycles. The van der Waals surface area contributed by atoms with E-state index in [1.54, 1.807) is 0 Å². The number of fused-ring (bicyclic) bond motifs is 1. The van der Waals surface area contributed by atoms with E-state index in [1.807, 2.05) is 43.3 Å². The third kappa shape index (κ3) is 4.91. The van der Waals surface area contributed by atoms with Gasteiger partial charge in [0.15, 0.2) is 0 Å². The van der Waals surface area contributed by atoms with Crippen molar-refractivity contribution in [3.63, 3.8) is 0 Å². The number of anilines is 2. The van der Waals surface area contributed by atoms with Crippen LogP contribution >= 0.6 is 0 Å². The Morgan fingerprint density at radius 3 is 2.24 bits per heavy atom. The van der Waals surface area contributed by atoms with E-state index in [-0.39, 0.29) is 18.4 Å². The number of nitrogens with one attached hydrogen (secondary N) is 1. The zero-order valence-corrected chi connectivity index (χ0v) is 21.2. The van der Waals surface area contributed by atoms with E-state index >= 15 is 0 Å². The summed E-state index contributed by atoms with van der Waals surface area (Å²) in [5, 5.41) is 13.3. The first-order valence-corrected chi connectivity index (χ1v) is 12.5. The highest BCUT2D eigenvalue weighted by atomic mass is 16.4. The van der Waals surface area contributed by atoms with Gasteiger partial charge in [0.2, 0.25) is 0 Å². The lowest BCUT2D eigenvalue weighted by Crippen LogP contribution is -2.63. The molecule has 0 heterocycles. The summed E-state index contributed by atoms with van der Waals surface area (Å²) < 4.78 is 0. The SMILES string of the molecule is CCN(CC)c1ccc(NC(=O)C2(N(CC)C(=O)O)CCc3ccccc3C2CC(C)C)cc1. The Hall–Kier alpha value is -3.02. The second kappa shape index (κ2) is 10.9.